The van der Waals surface area contributed by atoms with Gasteiger partial charge < -0.3 is 10.6 Å². The highest BCUT2D eigenvalue weighted by Crippen LogP contribution is 2.28. The van der Waals surface area contributed by atoms with Crippen LogP contribution in [0.1, 0.15) is 22.3 Å². The minimum atomic E-state index is -0.786. The molecule has 0 spiro atoms. The van der Waals surface area contributed by atoms with Crippen LogP contribution < -0.4 is 10.6 Å². The first-order valence-electron chi connectivity index (χ1n) is 6.58. The van der Waals surface area contributed by atoms with E-state index in [1.54, 1.807) is 0 Å². The van der Waals surface area contributed by atoms with Crippen molar-refractivity contribution in [2.75, 3.05) is 10.6 Å². The zero-order chi connectivity index (χ0) is 15.7. The van der Waals surface area contributed by atoms with Gasteiger partial charge in [0.1, 0.15) is 5.82 Å². The van der Waals surface area contributed by atoms with E-state index in [9.17, 15) is 18.4 Å². The van der Waals surface area contributed by atoms with E-state index in [1.165, 1.54) is 18.3 Å². The fourth-order valence-corrected chi connectivity index (χ4v) is 2.25. The molecular formula is C15H11F2N3O2. The topological polar surface area (TPSA) is 71.1 Å². The number of hydrogen-bond donors (Lipinski definition) is 2. The number of anilines is 2. The molecule has 0 radical (unpaired) electrons. The molecule has 0 bridgehead atoms. The Labute approximate surface area is 124 Å². The molecule has 2 aromatic rings. The van der Waals surface area contributed by atoms with E-state index in [0.29, 0.717) is 24.1 Å². The Morgan fingerprint density at radius 2 is 2.05 bits per heavy atom. The number of amides is 2. The molecule has 22 heavy (non-hydrogen) atoms. The van der Waals surface area contributed by atoms with E-state index in [1.807, 2.05) is 0 Å². The lowest BCUT2D eigenvalue weighted by molar-refractivity contribution is -0.116. The van der Waals surface area contributed by atoms with Gasteiger partial charge in [0.2, 0.25) is 5.91 Å². The molecule has 0 unspecified atom stereocenters. The summed E-state index contributed by atoms with van der Waals surface area (Å²) < 4.78 is 27.5. The average Bonchev–Trinajstić information content (AvgIpc) is 2.48. The van der Waals surface area contributed by atoms with Crippen LogP contribution in [0, 0.1) is 11.6 Å². The molecule has 1 aromatic carbocycles. The van der Waals surface area contributed by atoms with E-state index in [4.69, 9.17) is 0 Å². The summed E-state index contributed by atoms with van der Waals surface area (Å²) in [5.74, 6) is -2.43. The average molecular weight is 303 g/mol. The first-order valence-corrected chi connectivity index (χ1v) is 6.58. The van der Waals surface area contributed by atoms with E-state index < -0.39 is 17.5 Å². The molecule has 1 aliphatic rings. The summed E-state index contributed by atoms with van der Waals surface area (Å²) >= 11 is 0. The number of pyridine rings is 1. The first kappa shape index (κ1) is 14.1. The molecule has 5 nitrogen and oxygen atoms in total. The third-order valence-electron chi connectivity index (χ3n) is 3.35. The molecule has 0 saturated carbocycles. The SMILES string of the molecule is O=C1CCc2cc(NC(=O)c3ccncc3F)c(F)cc2N1. The minimum absolute atomic E-state index is 0.0592. The quantitative estimate of drug-likeness (QED) is 0.895. The molecule has 0 atom stereocenters. The predicted octanol–water partition coefficient (Wildman–Crippen LogP) is 2.50. The second-order valence-corrected chi connectivity index (χ2v) is 4.85. The van der Waals surface area contributed by atoms with Gasteiger partial charge in [-0.2, -0.15) is 0 Å². The zero-order valence-corrected chi connectivity index (χ0v) is 11.3. The second kappa shape index (κ2) is 5.51. The monoisotopic (exact) mass is 303 g/mol. The predicted molar refractivity (Wildman–Crippen MR) is 75.5 cm³/mol. The maximum atomic E-state index is 14.0. The molecule has 2 N–H and O–H groups in total. The normalized spacial score (nSPS) is 13.3. The van der Waals surface area contributed by atoms with Crippen LogP contribution >= 0.6 is 0 Å². The number of halogens is 2. The Morgan fingerprint density at radius 3 is 2.82 bits per heavy atom. The Hall–Kier alpha value is -2.83. The summed E-state index contributed by atoms with van der Waals surface area (Å²) in [6, 6.07) is 3.80. The van der Waals surface area contributed by atoms with E-state index >= 15 is 0 Å². The molecule has 2 amide bonds. The number of aryl methyl sites for hydroxylation is 1. The number of benzene rings is 1. The van der Waals surface area contributed by atoms with Crippen LogP contribution in [0.5, 0.6) is 0 Å². The Morgan fingerprint density at radius 1 is 1.23 bits per heavy atom. The maximum Gasteiger partial charge on any atom is 0.258 e. The van der Waals surface area contributed by atoms with Crippen molar-refractivity contribution in [1.82, 2.24) is 4.98 Å². The van der Waals surface area contributed by atoms with Crippen molar-refractivity contribution in [1.29, 1.82) is 0 Å². The molecule has 112 valence electrons. The summed E-state index contributed by atoms with van der Waals surface area (Å²) in [5, 5.41) is 4.90. The van der Waals surface area contributed by atoms with E-state index in [0.717, 1.165) is 12.3 Å². The first-order chi connectivity index (χ1) is 10.5. The molecule has 0 aliphatic carbocycles. The number of aromatic nitrogens is 1. The molecule has 1 aliphatic heterocycles. The lowest BCUT2D eigenvalue weighted by atomic mass is 10.0. The van der Waals surface area contributed by atoms with Gasteiger partial charge in [-0.25, -0.2) is 8.78 Å². The van der Waals surface area contributed by atoms with Gasteiger partial charge >= 0.3 is 0 Å². The number of rotatable bonds is 2. The van der Waals surface area contributed by atoms with E-state index in [2.05, 4.69) is 15.6 Å². The van der Waals surface area contributed by atoms with Crippen LogP contribution in [0.15, 0.2) is 30.6 Å². The number of fused-ring (bicyclic) bond motifs is 1. The lowest BCUT2D eigenvalue weighted by Gasteiger charge is -2.18. The van der Waals surface area contributed by atoms with Crippen molar-refractivity contribution in [2.45, 2.75) is 12.8 Å². The van der Waals surface area contributed by atoms with Gasteiger partial charge in [0.05, 0.1) is 17.4 Å². The molecule has 3 rings (SSSR count). The molecule has 7 heteroatoms. The fourth-order valence-electron chi connectivity index (χ4n) is 2.25. The van der Waals surface area contributed by atoms with Gasteiger partial charge in [0.25, 0.3) is 5.91 Å². The van der Waals surface area contributed by atoms with Crippen LogP contribution in [0.3, 0.4) is 0 Å². The van der Waals surface area contributed by atoms with Crippen molar-refractivity contribution in [3.05, 3.63) is 53.4 Å². The second-order valence-electron chi connectivity index (χ2n) is 4.85. The summed E-state index contributed by atoms with van der Waals surface area (Å²) in [6.07, 6.45) is 2.93. The number of hydrogen-bond acceptors (Lipinski definition) is 3. The maximum absolute atomic E-state index is 14.0. The molecule has 2 heterocycles. The van der Waals surface area contributed by atoms with Crippen LogP contribution in [0.2, 0.25) is 0 Å². The third-order valence-corrected chi connectivity index (χ3v) is 3.35. The summed E-state index contributed by atoms with van der Waals surface area (Å²) in [6.45, 7) is 0. The van der Waals surface area contributed by atoms with Crippen LogP contribution in [-0.2, 0) is 11.2 Å². The lowest BCUT2D eigenvalue weighted by Crippen LogP contribution is -2.20. The standard InChI is InChI=1S/C15H11F2N3O2/c16-10-6-12-8(1-2-14(21)19-12)5-13(10)20-15(22)9-3-4-18-7-11(9)17/h3-7H,1-2H2,(H,19,21)(H,20,22). The minimum Gasteiger partial charge on any atom is -0.326 e. The number of nitrogens with one attached hydrogen (secondary N) is 2. The van der Waals surface area contributed by atoms with Crippen molar-refractivity contribution >= 4 is 23.2 Å². The van der Waals surface area contributed by atoms with Crippen LogP contribution in [-0.4, -0.2) is 16.8 Å². The van der Waals surface area contributed by atoms with Crippen LogP contribution in [0.25, 0.3) is 0 Å². The number of carbonyl (C=O) groups excluding carboxylic acids is 2. The highest BCUT2D eigenvalue weighted by Gasteiger charge is 2.19. The van der Waals surface area contributed by atoms with Gasteiger partial charge in [0.15, 0.2) is 5.82 Å². The summed E-state index contributed by atoms with van der Waals surface area (Å²) in [4.78, 5) is 26.8. The van der Waals surface area contributed by atoms with Gasteiger partial charge in [-0.15, -0.1) is 0 Å². The van der Waals surface area contributed by atoms with Gasteiger partial charge in [-0.3, -0.25) is 14.6 Å². The van der Waals surface area contributed by atoms with Crippen LogP contribution in [0.4, 0.5) is 20.2 Å². The number of nitrogens with zero attached hydrogens (tertiary/aromatic N) is 1. The highest BCUT2D eigenvalue weighted by molar-refractivity contribution is 6.04. The van der Waals surface area contributed by atoms with Crippen molar-refractivity contribution in [3.63, 3.8) is 0 Å². The third kappa shape index (κ3) is 2.65. The zero-order valence-electron chi connectivity index (χ0n) is 11.3. The fraction of sp³-hybridized carbons (Fsp3) is 0.133. The highest BCUT2D eigenvalue weighted by atomic mass is 19.1. The Bertz CT molecular complexity index is 777. The summed E-state index contributed by atoms with van der Waals surface area (Å²) in [7, 11) is 0. The Balaban J connectivity index is 1.88. The van der Waals surface area contributed by atoms with E-state index in [-0.39, 0.29) is 17.2 Å². The molecule has 0 saturated heterocycles. The van der Waals surface area contributed by atoms with Gasteiger partial charge in [-0.05, 0) is 30.2 Å². The molecule has 0 fully saturated rings. The van der Waals surface area contributed by atoms with Crippen molar-refractivity contribution in [3.8, 4) is 0 Å². The van der Waals surface area contributed by atoms with Gasteiger partial charge in [-0.1, -0.05) is 0 Å². The van der Waals surface area contributed by atoms with Crippen molar-refractivity contribution in [2.24, 2.45) is 0 Å². The largest absolute Gasteiger partial charge is 0.326 e. The number of carbonyl (C=O) groups is 2. The summed E-state index contributed by atoms with van der Waals surface area (Å²) in [5.41, 5.74) is 0.824. The Kier molecular flexibility index (Phi) is 3.54. The smallest absolute Gasteiger partial charge is 0.258 e. The van der Waals surface area contributed by atoms with Gasteiger partial charge in [0, 0.05) is 18.3 Å². The van der Waals surface area contributed by atoms with Crippen molar-refractivity contribution < 1.29 is 18.4 Å². The molecule has 1 aromatic heterocycles. The molecular weight excluding hydrogens is 292 g/mol.